The molecule has 1 atom stereocenters. The minimum Gasteiger partial charge on any atom is -0.396 e. The Kier molecular flexibility index (Phi) is 6.10. The molecule has 4 heteroatoms. The molecule has 1 aliphatic heterocycles. The molecule has 0 aromatic heterocycles. The molecule has 1 unspecified atom stereocenters. The van der Waals surface area contributed by atoms with Gasteiger partial charge in [0.05, 0.1) is 5.75 Å². The van der Waals surface area contributed by atoms with Crippen LogP contribution in [0.3, 0.4) is 0 Å². The average Bonchev–Trinajstić information content (AvgIpc) is 2.27. The van der Waals surface area contributed by atoms with Gasteiger partial charge in [0.25, 0.3) is 0 Å². The van der Waals surface area contributed by atoms with Gasteiger partial charge < -0.3 is 10.0 Å². The number of aliphatic hydroxyl groups is 1. The molecule has 88 valence electrons. The molecule has 1 saturated heterocycles. The molecule has 1 amide bonds. The first-order valence-electron chi connectivity index (χ1n) is 5.74. The maximum Gasteiger partial charge on any atom is 0.232 e. The highest BCUT2D eigenvalue weighted by molar-refractivity contribution is 8.00. The van der Waals surface area contributed by atoms with Crippen molar-refractivity contribution in [3.8, 4) is 0 Å². The van der Waals surface area contributed by atoms with Gasteiger partial charge in [-0.05, 0) is 25.7 Å². The monoisotopic (exact) mass is 231 g/mol. The second-order valence-electron chi connectivity index (χ2n) is 4.08. The van der Waals surface area contributed by atoms with Crippen molar-refractivity contribution in [1.82, 2.24) is 4.90 Å². The molecule has 1 heterocycles. The molecule has 3 nitrogen and oxygen atoms in total. The van der Waals surface area contributed by atoms with Crippen molar-refractivity contribution in [2.75, 3.05) is 25.4 Å². The van der Waals surface area contributed by atoms with E-state index in [1.807, 2.05) is 4.90 Å². The molecule has 15 heavy (non-hydrogen) atoms. The van der Waals surface area contributed by atoms with Gasteiger partial charge in [-0.3, -0.25) is 4.79 Å². The minimum atomic E-state index is 0.214. The molecular formula is C11H21NO2S. The summed E-state index contributed by atoms with van der Waals surface area (Å²) < 4.78 is 0. The van der Waals surface area contributed by atoms with E-state index in [1.54, 1.807) is 11.8 Å². The van der Waals surface area contributed by atoms with E-state index in [4.69, 9.17) is 5.11 Å². The first-order valence-corrected chi connectivity index (χ1v) is 6.79. The second kappa shape index (κ2) is 7.12. The van der Waals surface area contributed by atoms with Crippen LogP contribution in [0.5, 0.6) is 0 Å². The fraction of sp³-hybridized carbons (Fsp3) is 0.909. The lowest BCUT2D eigenvalue weighted by atomic mass is 10.1. The fourth-order valence-corrected chi connectivity index (χ4v) is 2.60. The van der Waals surface area contributed by atoms with Gasteiger partial charge in [0.1, 0.15) is 0 Å². The van der Waals surface area contributed by atoms with Gasteiger partial charge in [0.2, 0.25) is 5.91 Å². The Morgan fingerprint density at radius 1 is 1.40 bits per heavy atom. The highest BCUT2D eigenvalue weighted by Gasteiger charge is 2.16. The Labute approximate surface area is 96.2 Å². The van der Waals surface area contributed by atoms with Crippen LogP contribution in [0.4, 0.5) is 0 Å². The first-order chi connectivity index (χ1) is 7.24. The number of aliphatic hydroxyl groups excluding tert-OH is 1. The van der Waals surface area contributed by atoms with Crippen LogP contribution in [-0.2, 0) is 4.79 Å². The SMILES string of the molecule is CC(CCO)SCC(=O)N1CCCCC1. The molecule has 0 spiro atoms. The maximum atomic E-state index is 11.7. The van der Waals surface area contributed by atoms with E-state index in [-0.39, 0.29) is 12.5 Å². The number of rotatable bonds is 5. The van der Waals surface area contributed by atoms with Crippen LogP contribution >= 0.6 is 11.8 Å². The Morgan fingerprint density at radius 2 is 2.07 bits per heavy atom. The number of hydrogen-bond donors (Lipinski definition) is 1. The molecule has 1 rings (SSSR count). The highest BCUT2D eigenvalue weighted by atomic mass is 32.2. The summed E-state index contributed by atoms with van der Waals surface area (Å²) in [5.41, 5.74) is 0. The molecule has 0 aromatic carbocycles. The average molecular weight is 231 g/mol. The van der Waals surface area contributed by atoms with Gasteiger partial charge >= 0.3 is 0 Å². The molecule has 0 saturated carbocycles. The van der Waals surface area contributed by atoms with E-state index < -0.39 is 0 Å². The lowest BCUT2D eigenvalue weighted by Gasteiger charge is -2.27. The van der Waals surface area contributed by atoms with E-state index in [0.29, 0.717) is 11.0 Å². The van der Waals surface area contributed by atoms with Crippen molar-refractivity contribution in [3.05, 3.63) is 0 Å². The maximum absolute atomic E-state index is 11.7. The van der Waals surface area contributed by atoms with Gasteiger partial charge in [0, 0.05) is 24.9 Å². The molecule has 1 N–H and O–H groups in total. The van der Waals surface area contributed by atoms with Crippen LogP contribution in [-0.4, -0.2) is 46.6 Å². The van der Waals surface area contributed by atoms with Gasteiger partial charge in [-0.25, -0.2) is 0 Å². The first kappa shape index (κ1) is 12.8. The number of hydrogen-bond acceptors (Lipinski definition) is 3. The second-order valence-corrected chi connectivity index (χ2v) is 5.50. The molecule has 0 aromatic rings. The van der Waals surface area contributed by atoms with Gasteiger partial charge in [0.15, 0.2) is 0 Å². The zero-order chi connectivity index (χ0) is 11.1. The normalized spacial score (nSPS) is 18.9. The number of likely N-dealkylation sites (tertiary alicyclic amines) is 1. The molecule has 0 radical (unpaired) electrons. The number of amides is 1. The summed E-state index contributed by atoms with van der Waals surface area (Å²) >= 11 is 1.65. The topological polar surface area (TPSA) is 40.5 Å². The highest BCUT2D eigenvalue weighted by Crippen LogP contribution is 2.16. The van der Waals surface area contributed by atoms with Crippen molar-refractivity contribution in [3.63, 3.8) is 0 Å². The van der Waals surface area contributed by atoms with E-state index in [9.17, 15) is 4.79 Å². The van der Waals surface area contributed by atoms with E-state index in [0.717, 1.165) is 32.4 Å². The number of carbonyl (C=O) groups excluding carboxylic acids is 1. The summed E-state index contributed by atoms with van der Waals surface area (Å²) in [6, 6.07) is 0. The Balaban J connectivity index is 2.16. The van der Waals surface area contributed by atoms with Crippen LogP contribution < -0.4 is 0 Å². The van der Waals surface area contributed by atoms with Crippen molar-refractivity contribution < 1.29 is 9.90 Å². The van der Waals surface area contributed by atoms with Crippen LogP contribution in [0.25, 0.3) is 0 Å². The molecule has 0 aliphatic carbocycles. The quantitative estimate of drug-likeness (QED) is 0.779. The summed E-state index contributed by atoms with van der Waals surface area (Å²) in [6.45, 7) is 4.15. The molecular weight excluding hydrogens is 210 g/mol. The lowest BCUT2D eigenvalue weighted by Crippen LogP contribution is -2.37. The third kappa shape index (κ3) is 4.89. The molecule has 0 bridgehead atoms. The van der Waals surface area contributed by atoms with Crippen molar-refractivity contribution >= 4 is 17.7 Å². The fourth-order valence-electron chi connectivity index (χ4n) is 1.71. The summed E-state index contributed by atoms with van der Waals surface area (Å²) in [6.07, 6.45) is 4.35. The van der Waals surface area contributed by atoms with Gasteiger partial charge in [-0.2, -0.15) is 0 Å². The van der Waals surface area contributed by atoms with Crippen molar-refractivity contribution in [2.45, 2.75) is 37.9 Å². The van der Waals surface area contributed by atoms with Crippen LogP contribution in [0.15, 0.2) is 0 Å². The summed E-state index contributed by atoms with van der Waals surface area (Å²) in [7, 11) is 0. The number of carbonyl (C=O) groups is 1. The van der Waals surface area contributed by atoms with Crippen LogP contribution in [0, 0.1) is 0 Å². The number of piperidine rings is 1. The van der Waals surface area contributed by atoms with Crippen LogP contribution in [0.2, 0.25) is 0 Å². The number of nitrogens with zero attached hydrogens (tertiary/aromatic N) is 1. The zero-order valence-electron chi connectivity index (χ0n) is 9.45. The third-order valence-electron chi connectivity index (χ3n) is 2.74. The van der Waals surface area contributed by atoms with Crippen molar-refractivity contribution in [1.29, 1.82) is 0 Å². The zero-order valence-corrected chi connectivity index (χ0v) is 10.3. The smallest absolute Gasteiger partial charge is 0.232 e. The standard InChI is InChI=1S/C11H21NO2S/c1-10(5-8-13)15-9-11(14)12-6-3-2-4-7-12/h10,13H,2-9H2,1H3. The van der Waals surface area contributed by atoms with Crippen molar-refractivity contribution in [2.24, 2.45) is 0 Å². The summed E-state index contributed by atoms with van der Waals surface area (Å²) in [4.78, 5) is 13.7. The minimum absolute atomic E-state index is 0.214. The predicted octanol–water partition coefficient (Wildman–Crippen LogP) is 1.50. The third-order valence-corrected chi connectivity index (χ3v) is 3.95. The van der Waals surface area contributed by atoms with Gasteiger partial charge in [-0.15, -0.1) is 11.8 Å². The molecule has 1 aliphatic rings. The van der Waals surface area contributed by atoms with Crippen LogP contribution in [0.1, 0.15) is 32.6 Å². The Morgan fingerprint density at radius 3 is 2.67 bits per heavy atom. The van der Waals surface area contributed by atoms with Gasteiger partial charge in [-0.1, -0.05) is 6.92 Å². The Hall–Kier alpha value is -0.220. The predicted molar refractivity (Wildman–Crippen MR) is 64.1 cm³/mol. The lowest BCUT2D eigenvalue weighted by molar-refractivity contribution is -0.129. The molecule has 1 fully saturated rings. The van der Waals surface area contributed by atoms with E-state index in [2.05, 4.69) is 6.92 Å². The largest absolute Gasteiger partial charge is 0.396 e. The summed E-state index contributed by atoms with van der Waals surface area (Å²) in [5.74, 6) is 0.839. The number of thioether (sulfide) groups is 1. The Bertz CT molecular complexity index is 193. The van der Waals surface area contributed by atoms with E-state index in [1.165, 1.54) is 6.42 Å². The van der Waals surface area contributed by atoms with E-state index >= 15 is 0 Å². The summed E-state index contributed by atoms with van der Waals surface area (Å²) in [5, 5.41) is 9.12.